The molecule has 1 N–H and O–H groups in total. The maximum absolute atomic E-state index is 9.66. The monoisotopic (exact) mass is 142 g/mol. The number of rotatable bonds is 1. The third-order valence-electron chi connectivity index (χ3n) is 0.500. The minimum Gasteiger partial charge on any atom is -0.547 e. The summed E-state index contributed by atoms with van der Waals surface area (Å²) in [4.78, 5) is 9.66. The van der Waals surface area contributed by atoms with Crippen molar-refractivity contribution in [3.8, 4) is 0 Å². The molecule has 0 spiro atoms. The van der Waals surface area contributed by atoms with Crippen molar-refractivity contribution in [1.82, 2.24) is 0 Å². The van der Waals surface area contributed by atoms with Gasteiger partial charge in [0.2, 0.25) is 0 Å². The van der Waals surface area contributed by atoms with Gasteiger partial charge in [-0.3, -0.25) is 0 Å². The van der Waals surface area contributed by atoms with Gasteiger partial charge < -0.3 is 15.0 Å². The molecule has 0 bridgehead atoms. The van der Waals surface area contributed by atoms with Crippen LogP contribution < -0.4 is 56.5 Å². The second-order valence-corrected chi connectivity index (χ2v) is 1.85. The maximum Gasteiger partial charge on any atom is 1.00 e. The van der Waals surface area contributed by atoms with E-state index in [0.29, 0.717) is 0 Å². The minimum absolute atomic E-state index is 0. The van der Waals surface area contributed by atoms with E-state index in [9.17, 15) is 9.90 Å². The molecule has 0 aliphatic carbocycles. The van der Waals surface area contributed by atoms with Crippen LogP contribution in [0.4, 0.5) is 0 Å². The molecule has 3 nitrogen and oxygen atoms in total. The van der Waals surface area contributed by atoms with E-state index in [0.717, 1.165) is 13.8 Å². The van der Waals surface area contributed by atoms with Crippen molar-refractivity contribution in [2.24, 2.45) is 0 Å². The number of carboxylic acid groups (broad SMARTS) is 1. The number of hydrogen-bond acceptors (Lipinski definition) is 3. The third kappa shape index (κ3) is 5.21. The molecular formula is C4H7KO3. The fourth-order valence-electron chi connectivity index (χ4n) is 0. The van der Waals surface area contributed by atoms with Crippen molar-refractivity contribution in [3.63, 3.8) is 0 Å². The smallest absolute Gasteiger partial charge is 0.547 e. The number of aliphatic carboxylic acids is 1. The van der Waals surface area contributed by atoms with Crippen LogP contribution in [-0.4, -0.2) is 16.7 Å². The van der Waals surface area contributed by atoms with E-state index in [1.165, 1.54) is 0 Å². The first kappa shape index (κ1) is 11.8. The van der Waals surface area contributed by atoms with Gasteiger partial charge in [-0.2, -0.15) is 0 Å². The molecule has 0 unspecified atom stereocenters. The van der Waals surface area contributed by atoms with Gasteiger partial charge in [0, 0.05) is 0 Å². The van der Waals surface area contributed by atoms with Gasteiger partial charge in [-0.1, -0.05) is 0 Å². The molecule has 0 aromatic carbocycles. The molecule has 4 heteroatoms. The van der Waals surface area contributed by atoms with Crippen LogP contribution >= 0.6 is 0 Å². The summed E-state index contributed by atoms with van der Waals surface area (Å²) in [5.74, 6) is -1.45. The van der Waals surface area contributed by atoms with E-state index in [2.05, 4.69) is 0 Å². The van der Waals surface area contributed by atoms with Gasteiger partial charge in [0.15, 0.2) is 0 Å². The predicted molar refractivity (Wildman–Crippen MR) is 21.3 cm³/mol. The molecule has 0 amide bonds. The van der Waals surface area contributed by atoms with E-state index in [-0.39, 0.29) is 51.4 Å². The Morgan fingerprint density at radius 2 is 1.75 bits per heavy atom. The van der Waals surface area contributed by atoms with Gasteiger partial charge in [0.25, 0.3) is 0 Å². The third-order valence-corrected chi connectivity index (χ3v) is 0.500. The number of carbonyl (C=O) groups is 1. The molecule has 0 heterocycles. The van der Waals surface area contributed by atoms with Gasteiger partial charge in [0.1, 0.15) is 0 Å². The van der Waals surface area contributed by atoms with Crippen LogP contribution in [0.2, 0.25) is 0 Å². The minimum atomic E-state index is -1.69. The van der Waals surface area contributed by atoms with Crippen LogP contribution in [-0.2, 0) is 4.79 Å². The number of hydrogen-bond donors (Lipinski definition) is 1. The molecule has 0 saturated carbocycles. The largest absolute Gasteiger partial charge is 1.00 e. The van der Waals surface area contributed by atoms with Crippen molar-refractivity contribution in [2.45, 2.75) is 19.4 Å². The van der Waals surface area contributed by atoms with Crippen molar-refractivity contribution in [2.75, 3.05) is 0 Å². The molecule has 0 aliphatic rings. The molecule has 0 fully saturated rings. The quantitative estimate of drug-likeness (QED) is 0.375. The first-order valence-corrected chi connectivity index (χ1v) is 1.88. The van der Waals surface area contributed by atoms with Crippen LogP contribution in [0.5, 0.6) is 0 Å². The molecule has 0 atom stereocenters. The molecule has 0 aliphatic heterocycles. The van der Waals surface area contributed by atoms with E-state index >= 15 is 0 Å². The summed E-state index contributed by atoms with van der Waals surface area (Å²) in [5.41, 5.74) is -1.69. The van der Waals surface area contributed by atoms with Crippen LogP contribution in [0.25, 0.3) is 0 Å². The van der Waals surface area contributed by atoms with E-state index < -0.39 is 11.6 Å². The van der Waals surface area contributed by atoms with Crippen molar-refractivity contribution < 1.29 is 66.4 Å². The second-order valence-electron chi connectivity index (χ2n) is 1.85. The van der Waals surface area contributed by atoms with Gasteiger partial charge in [0.05, 0.1) is 11.6 Å². The summed E-state index contributed by atoms with van der Waals surface area (Å²) in [6.45, 7) is 2.31. The van der Waals surface area contributed by atoms with Gasteiger partial charge in [-0.25, -0.2) is 0 Å². The van der Waals surface area contributed by atoms with Gasteiger partial charge in [-0.15, -0.1) is 0 Å². The number of aliphatic hydroxyl groups is 1. The SMILES string of the molecule is CC(C)(O)C(=O)[O-].[K+]. The Morgan fingerprint density at radius 1 is 1.62 bits per heavy atom. The fraction of sp³-hybridized carbons (Fsp3) is 0.750. The molecule has 0 aromatic rings. The van der Waals surface area contributed by atoms with Gasteiger partial charge >= 0.3 is 51.4 Å². The summed E-state index contributed by atoms with van der Waals surface area (Å²) in [5, 5.41) is 18.1. The summed E-state index contributed by atoms with van der Waals surface area (Å²) >= 11 is 0. The zero-order valence-corrected chi connectivity index (χ0v) is 8.39. The van der Waals surface area contributed by atoms with Crippen molar-refractivity contribution in [3.05, 3.63) is 0 Å². The summed E-state index contributed by atoms with van der Waals surface area (Å²) in [7, 11) is 0. The zero-order chi connectivity index (χ0) is 6.08. The number of carboxylic acids is 1. The Labute approximate surface area is 90.5 Å². The number of carbonyl (C=O) groups excluding carboxylic acids is 1. The zero-order valence-electron chi connectivity index (χ0n) is 5.26. The van der Waals surface area contributed by atoms with E-state index in [1.54, 1.807) is 0 Å². The maximum atomic E-state index is 9.66. The summed E-state index contributed by atoms with van der Waals surface area (Å²) < 4.78 is 0. The molecule has 0 aromatic heterocycles. The molecular weight excluding hydrogens is 135 g/mol. The molecule has 0 radical (unpaired) electrons. The van der Waals surface area contributed by atoms with Crippen molar-refractivity contribution >= 4 is 5.97 Å². The Morgan fingerprint density at radius 3 is 1.75 bits per heavy atom. The Bertz CT molecular complexity index is 83.8. The molecule has 8 heavy (non-hydrogen) atoms. The predicted octanol–water partition coefficient (Wildman–Crippen LogP) is -4.49. The average molecular weight is 142 g/mol. The molecule has 42 valence electrons. The molecule has 0 rings (SSSR count). The van der Waals surface area contributed by atoms with Crippen LogP contribution in [0, 0.1) is 0 Å². The Hall–Kier alpha value is 1.07. The van der Waals surface area contributed by atoms with E-state index in [4.69, 9.17) is 5.11 Å². The van der Waals surface area contributed by atoms with Crippen LogP contribution in [0.3, 0.4) is 0 Å². The normalized spacial score (nSPS) is 9.88. The van der Waals surface area contributed by atoms with Crippen molar-refractivity contribution in [1.29, 1.82) is 0 Å². The Kier molecular flexibility index (Phi) is 5.87. The van der Waals surface area contributed by atoms with Crippen LogP contribution in [0.1, 0.15) is 13.8 Å². The summed E-state index contributed by atoms with van der Waals surface area (Å²) in [6, 6.07) is 0. The van der Waals surface area contributed by atoms with Crippen LogP contribution in [0.15, 0.2) is 0 Å². The fourth-order valence-corrected chi connectivity index (χ4v) is 0. The first-order valence-electron chi connectivity index (χ1n) is 1.88. The average Bonchev–Trinajstić information content (AvgIpc) is 1.31. The topological polar surface area (TPSA) is 60.4 Å². The second kappa shape index (κ2) is 3.97. The standard InChI is InChI=1S/C4H8O3.K/c1-4(2,7)3(5)6;/h7H,1-2H3,(H,5,6);/q;+1/p-1. The molecule has 0 saturated heterocycles. The first-order chi connectivity index (χ1) is 2.94. The van der Waals surface area contributed by atoms with E-state index in [1.807, 2.05) is 0 Å². The summed E-state index contributed by atoms with van der Waals surface area (Å²) in [6.07, 6.45) is 0. The Balaban J connectivity index is 0. The van der Waals surface area contributed by atoms with Gasteiger partial charge in [-0.05, 0) is 13.8 Å².